The Morgan fingerprint density at radius 3 is 2.46 bits per heavy atom. The van der Waals surface area contributed by atoms with Crippen molar-refractivity contribution in [2.45, 2.75) is 45.1 Å². The number of carbonyl (C=O) groups is 2. The molecule has 4 rings (SSSR count). The summed E-state index contributed by atoms with van der Waals surface area (Å²) in [7, 11) is 0. The van der Waals surface area contributed by atoms with Crippen LogP contribution in [0.3, 0.4) is 0 Å². The molecule has 0 aromatic heterocycles. The lowest BCUT2D eigenvalue weighted by molar-refractivity contribution is -0.117. The third-order valence-electron chi connectivity index (χ3n) is 6.43. The van der Waals surface area contributed by atoms with E-state index < -0.39 is 0 Å². The minimum absolute atomic E-state index is 0.0221. The minimum atomic E-state index is -0.174. The Bertz CT molecular complexity index is 849. The van der Waals surface area contributed by atoms with Crippen molar-refractivity contribution in [3.63, 3.8) is 0 Å². The first kappa shape index (κ1) is 18.7. The highest BCUT2D eigenvalue weighted by atomic mass is 16.2. The molecule has 0 heterocycles. The van der Waals surface area contributed by atoms with Crippen molar-refractivity contribution in [2.75, 3.05) is 5.32 Å². The van der Waals surface area contributed by atoms with E-state index in [1.165, 1.54) is 25.7 Å². The predicted octanol–water partition coefficient (Wildman–Crippen LogP) is 4.94. The van der Waals surface area contributed by atoms with Crippen LogP contribution in [0.15, 0.2) is 54.6 Å². The van der Waals surface area contributed by atoms with Crippen molar-refractivity contribution in [3.8, 4) is 0 Å². The van der Waals surface area contributed by atoms with Gasteiger partial charge >= 0.3 is 0 Å². The topological polar surface area (TPSA) is 58.2 Å². The average molecular weight is 377 g/mol. The highest BCUT2D eigenvalue weighted by molar-refractivity contribution is 6.03. The highest BCUT2D eigenvalue weighted by Gasteiger charge is 2.40. The van der Waals surface area contributed by atoms with Gasteiger partial charge in [0.05, 0.1) is 17.3 Å². The van der Waals surface area contributed by atoms with Gasteiger partial charge < -0.3 is 10.6 Å². The van der Waals surface area contributed by atoms with Crippen molar-refractivity contribution < 1.29 is 9.59 Å². The molecule has 0 saturated heterocycles. The van der Waals surface area contributed by atoms with Crippen molar-refractivity contribution in [2.24, 2.45) is 17.8 Å². The number of amides is 2. The van der Waals surface area contributed by atoms with Crippen molar-refractivity contribution in [3.05, 3.63) is 65.7 Å². The molecule has 0 radical (unpaired) electrons. The molecule has 146 valence electrons. The second-order valence-corrected chi connectivity index (χ2v) is 8.34. The lowest BCUT2D eigenvalue weighted by atomic mass is 9.86. The average Bonchev–Trinajstić information content (AvgIpc) is 3.32. The third kappa shape index (κ3) is 4.11. The summed E-state index contributed by atoms with van der Waals surface area (Å²) in [5.41, 5.74) is 2.15. The molecule has 0 aliphatic heterocycles. The van der Waals surface area contributed by atoms with Crippen LogP contribution >= 0.6 is 0 Å². The molecule has 4 unspecified atom stereocenters. The molecule has 2 aliphatic carbocycles. The van der Waals surface area contributed by atoms with E-state index in [-0.39, 0.29) is 17.9 Å². The molecular weight excluding hydrogens is 348 g/mol. The molecule has 4 heteroatoms. The molecule has 2 aromatic rings. The summed E-state index contributed by atoms with van der Waals surface area (Å²) in [6.45, 7) is 1.96. The number of nitrogens with one attached hydrogen (secondary N) is 2. The van der Waals surface area contributed by atoms with Gasteiger partial charge in [-0.15, -0.1) is 0 Å². The molecule has 2 saturated carbocycles. The summed E-state index contributed by atoms with van der Waals surface area (Å²) in [4.78, 5) is 25.4. The van der Waals surface area contributed by atoms with Gasteiger partial charge in [-0.2, -0.15) is 0 Å². The van der Waals surface area contributed by atoms with Crippen molar-refractivity contribution in [1.29, 1.82) is 0 Å². The Morgan fingerprint density at radius 2 is 1.75 bits per heavy atom. The fourth-order valence-electron chi connectivity index (χ4n) is 4.96. The first-order valence-corrected chi connectivity index (χ1v) is 10.3. The maximum Gasteiger partial charge on any atom is 0.253 e. The van der Waals surface area contributed by atoms with Gasteiger partial charge in [-0.1, -0.05) is 48.9 Å². The maximum absolute atomic E-state index is 12.8. The molecule has 2 fully saturated rings. The number of anilines is 1. The molecule has 2 bridgehead atoms. The van der Waals surface area contributed by atoms with E-state index >= 15 is 0 Å². The van der Waals surface area contributed by atoms with Gasteiger partial charge in [0.15, 0.2) is 0 Å². The van der Waals surface area contributed by atoms with Gasteiger partial charge in [0.1, 0.15) is 0 Å². The summed E-state index contributed by atoms with van der Waals surface area (Å²) < 4.78 is 0. The van der Waals surface area contributed by atoms with E-state index in [0.29, 0.717) is 23.6 Å². The smallest absolute Gasteiger partial charge is 0.253 e. The van der Waals surface area contributed by atoms with E-state index in [9.17, 15) is 9.59 Å². The summed E-state index contributed by atoms with van der Waals surface area (Å²) in [5, 5.41) is 6.02. The number of benzene rings is 2. The molecule has 2 aromatic carbocycles. The van der Waals surface area contributed by atoms with Gasteiger partial charge in [-0.3, -0.25) is 9.59 Å². The second kappa shape index (κ2) is 8.17. The van der Waals surface area contributed by atoms with Crippen LogP contribution in [0.25, 0.3) is 0 Å². The Hall–Kier alpha value is -2.62. The van der Waals surface area contributed by atoms with Gasteiger partial charge in [0.2, 0.25) is 5.91 Å². The lowest BCUT2D eigenvalue weighted by Gasteiger charge is -2.21. The van der Waals surface area contributed by atoms with Gasteiger partial charge in [0.25, 0.3) is 5.91 Å². The summed E-state index contributed by atoms with van der Waals surface area (Å²) in [6.07, 6.45) is 5.67. The Kier molecular flexibility index (Phi) is 5.47. The van der Waals surface area contributed by atoms with Crippen molar-refractivity contribution in [1.82, 2.24) is 5.32 Å². The normalized spacial score (nSPS) is 24.0. The van der Waals surface area contributed by atoms with Crippen LogP contribution < -0.4 is 10.6 Å². The molecule has 0 spiro atoms. The summed E-state index contributed by atoms with van der Waals surface area (Å²) in [5.74, 6) is 1.92. The van der Waals surface area contributed by atoms with E-state index in [1.807, 2.05) is 49.4 Å². The fourth-order valence-corrected chi connectivity index (χ4v) is 4.96. The van der Waals surface area contributed by atoms with Crippen LogP contribution in [0, 0.1) is 17.8 Å². The summed E-state index contributed by atoms with van der Waals surface area (Å²) >= 11 is 0. The second-order valence-electron chi connectivity index (χ2n) is 8.34. The Balaban J connectivity index is 1.40. The number of hydrogen-bond acceptors (Lipinski definition) is 2. The predicted molar refractivity (Wildman–Crippen MR) is 111 cm³/mol. The molecule has 2 N–H and O–H groups in total. The number of carbonyl (C=O) groups excluding carboxylic acids is 2. The third-order valence-corrected chi connectivity index (χ3v) is 6.43. The fraction of sp³-hybridized carbons (Fsp3) is 0.417. The van der Waals surface area contributed by atoms with Crippen LogP contribution in [-0.4, -0.2) is 11.8 Å². The van der Waals surface area contributed by atoms with Gasteiger partial charge in [-0.05, 0) is 61.6 Å². The standard InChI is InChI=1S/C24H28N2O2/c1-16(18-7-3-2-4-8-18)25-24(28)21-9-5-6-10-22(21)26-23(27)15-20-14-17-11-12-19(20)13-17/h2-10,16-17,19-20H,11-15H2,1H3,(H,25,28)(H,26,27). The Labute approximate surface area is 166 Å². The zero-order valence-electron chi connectivity index (χ0n) is 16.4. The first-order chi connectivity index (χ1) is 13.6. The highest BCUT2D eigenvalue weighted by Crippen LogP contribution is 2.49. The zero-order valence-corrected chi connectivity index (χ0v) is 16.4. The molecule has 4 nitrogen and oxygen atoms in total. The summed E-state index contributed by atoms with van der Waals surface area (Å²) in [6, 6.07) is 17.0. The van der Waals surface area contributed by atoms with Crippen LogP contribution in [-0.2, 0) is 4.79 Å². The van der Waals surface area contributed by atoms with Gasteiger partial charge in [-0.25, -0.2) is 0 Å². The minimum Gasteiger partial charge on any atom is -0.345 e. The van der Waals surface area contributed by atoms with Crippen LogP contribution in [0.1, 0.15) is 61.0 Å². The van der Waals surface area contributed by atoms with E-state index in [1.54, 1.807) is 12.1 Å². The molecule has 28 heavy (non-hydrogen) atoms. The number of rotatable bonds is 6. The Morgan fingerprint density at radius 1 is 1.00 bits per heavy atom. The van der Waals surface area contributed by atoms with Gasteiger partial charge in [0, 0.05) is 6.42 Å². The number of fused-ring (bicyclic) bond motifs is 2. The molecular formula is C24H28N2O2. The van der Waals surface area contributed by atoms with Crippen LogP contribution in [0.5, 0.6) is 0 Å². The van der Waals surface area contributed by atoms with E-state index in [2.05, 4.69) is 10.6 Å². The van der Waals surface area contributed by atoms with E-state index in [4.69, 9.17) is 0 Å². The van der Waals surface area contributed by atoms with Crippen LogP contribution in [0.4, 0.5) is 5.69 Å². The zero-order chi connectivity index (χ0) is 19.5. The monoisotopic (exact) mass is 376 g/mol. The maximum atomic E-state index is 12.8. The first-order valence-electron chi connectivity index (χ1n) is 10.3. The largest absolute Gasteiger partial charge is 0.345 e. The lowest BCUT2D eigenvalue weighted by Crippen LogP contribution is -2.28. The van der Waals surface area contributed by atoms with E-state index in [0.717, 1.165) is 17.4 Å². The SMILES string of the molecule is CC(NC(=O)c1ccccc1NC(=O)CC1CC2CCC1C2)c1ccccc1. The quantitative estimate of drug-likeness (QED) is 0.750. The van der Waals surface area contributed by atoms with Crippen molar-refractivity contribution >= 4 is 17.5 Å². The van der Waals surface area contributed by atoms with Crippen LogP contribution in [0.2, 0.25) is 0 Å². The number of para-hydroxylation sites is 1. The molecule has 2 amide bonds. The molecule has 2 aliphatic rings. The molecule has 4 atom stereocenters. The number of hydrogen-bond donors (Lipinski definition) is 2.